The van der Waals surface area contributed by atoms with Gasteiger partial charge >= 0.3 is 6.03 Å². The van der Waals surface area contributed by atoms with Crippen molar-refractivity contribution in [2.45, 2.75) is 24.8 Å². The number of amides is 2. The molecule has 2 heterocycles. The quantitative estimate of drug-likeness (QED) is 0.591. The second-order valence-corrected chi connectivity index (χ2v) is 4.67. The summed E-state index contributed by atoms with van der Waals surface area (Å²) in [5, 5.41) is 5.86. The monoisotopic (exact) mass is 186 g/mol. The lowest BCUT2D eigenvalue weighted by atomic mass is 9.90. The van der Waals surface area contributed by atoms with E-state index in [2.05, 4.69) is 10.6 Å². The number of urea groups is 1. The summed E-state index contributed by atoms with van der Waals surface area (Å²) in [4.78, 5) is 11.1. The molecule has 68 valence electrons. The van der Waals surface area contributed by atoms with Crippen LogP contribution in [-0.4, -0.2) is 29.6 Å². The van der Waals surface area contributed by atoms with E-state index in [1.54, 1.807) is 0 Å². The molecular weight excluding hydrogens is 172 g/mol. The fourth-order valence-corrected chi connectivity index (χ4v) is 3.16. The van der Waals surface area contributed by atoms with Gasteiger partial charge in [-0.1, -0.05) is 0 Å². The van der Waals surface area contributed by atoms with Gasteiger partial charge in [-0.25, -0.2) is 4.79 Å². The molecule has 1 unspecified atom stereocenters. The van der Waals surface area contributed by atoms with E-state index in [-0.39, 0.29) is 11.6 Å². The standard InChI is InChI=1S/C8H14N2OS/c11-7-9-4-3-8(10-7)2-1-5-12-6-8/h1-6H2,(H2,9,10,11). The molecule has 0 aliphatic carbocycles. The molecule has 12 heavy (non-hydrogen) atoms. The van der Waals surface area contributed by atoms with Gasteiger partial charge in [0.05, 0.1) is 5.54 Å². The molecule has 2 rings (SSSR count). The van der Waals surface area contributed by atoms with Crippen molar-refractivity contribution in [3.05, 3.63) is 0 Å². The van der Waals surface area contributed by atoms with Crippen LogP contribution in [0.1, 0.15) is 19.3 Å². The molecule has 2 aliphatic rings. The molecule has 1 spiro atoms. The highest BCUT2D eigenvalue weighted by molar-refractivity contribution is 7.99. The maximum atomic E-state index is 11.1. The molecular formula is C8H14N2OS. The van der Waals surface area contributed by atoms with Gasteiger partial charge in [-0.05, 0) is 25.0 Å². The Morgan fingerprint density at radius 2 is 2.33 bits per heavy atom. The third-order valence-corrected chi connectivity index (χ3v) is 3.92. The lowest BCUT2D eigenvalue weighted by molar-refractivity contribution is 0.207. The number of thioether (sulfide) groups is 1. The average Bonchev–Trinajstić information content (AvgIpc) is 2.05. The van der Waals surface area contributed by atoms with Crippen molar-refractivity contribution in [1.82, 2.24) is 10.6 Å². The summed E-state index contributed by atoms with van der Waals surface area (Å²) in [5.41, 5.74) is 0.130. The Hall–Kier alpha value is -0.380. The Bertz CT molecular complexity index is 184. The molecule has 0 bridgehead atoms. The normalized spacial score (nSPS) is 35.8. The first kappa shape index (κ1) is 8.23. The van der Waals surface area contributed by atoms with Crippen molar-refractivity contribution < 1.29 is 4.79 Å². The van der Waals surface area contributed by atoms with E-state index in [9.17, 15) is 4.79 Å². The maximum absolute atomic E-state index is 11.1. The van der Waals surface area contributed by atoms with Crippen LogP contribution >= 0.6 is 11.8 Å². The predicted molar refractivity (Wildman–Crippen MR) is 50.4 cm³/mol. The van der Waals surface area contributed by atoms with Crippen molar-refractivity contribution in [1.29, 1.82) is 0 Å². The first-order chi connectivity index (χ1) is 5.81. The Kier molecular flexibility index (Phi) is 2.17. The zero-order valence-electron chi connectivity index (χ0n) is 7.06. The molecule has 3 nitrogen and oxygen atoms in total. The van der Waals surface area contributed by atoms with E-state index in [4.69, 9.17) is 0 Å². The van der Waals surface area contributed by atoms with Crippen molar-refractivity contribution in [2.75, 3.05) is 18.1 Å². The fraction of sp³-hybridized carbons (Fsp3) is 0.875. The van der Waals surface area contributed by atoms with Gasteiger partial charge in [0.15, 0.2) is 0 Å². The second kappa shape index (κ2) is 3.17. The smallest absolute Gasteiger partial charge is 0.315 e. The predicted octanol–water partition coefficient (Wildman–Crippen LogP) is 0.955. The molecule has 1 atom stereocenters. The largest absolute Gasteiger partial charge is 0.338 e. The van der Waals surface area contributed by atoms with E-state index in [1.807, 2.05) is 11.8 Å². The first-order valence-corrected chi connectivity index (χ1v) is 5.60. The van der Waals surface area contributed by atoms with E-state index in [0.717, 1.165) is 25.1 Å². The van der Waals surface area contributed by atoms with Gasteiger partial charge in [0.2, 0.25) is 0 Å². The summed E-state index contributed by atoms with van der Waals surface area (Å²) in [6.07, 6.45) is 3.49. The summed E-state index contributed by atoms with van der Waals surface area (Å²) in [5.74, 6) is 2.35. The minimum atomic E-state index is 0.0174. The number of rotatable bonds is 0. The summed E-state index contributed by atoms with van der Waals surface area (Å²) >= 11 is 1.96. The Morgan fingerprint density at radius 1 is 1.42 bits per heavy atom. The topological polar surface area (TPSA) is 41.1 Å². The van der Waals surface area contributed by atoms with E-state index in [0.29, 0.717) is 0 Å². The Morgan fingerprint density at radius 3 is 3.00 bits per heavy atom. The van der Waals surface area contributed by atoms with Crippen molar-refractivity contribution in [3.8, 4) is 0 Å². The van der Waals surface area contributed by atoms with Crippen molar-refractivity contribution in [3.63, 3.8) is 0 Å². The highest BCUT2D eigenvalue weighted by Crippen LogP contribution is 2.30. The lowest BCUT2D eigenvalue weighted by Gasteiger charge is -2.40. The van der Waals surface area contributed by atoms with Crippen LogP contribution in [0.25, 0.3) is 0 Å². The molecule has 2 aliphatic heterocycles. The molecule has 2 N–H and O–H groups in total. The molecule has 2 amide bonds. The van der Waals surface area contributed by atoms with Crippen LogP contribution in [0, 0.1) is 0 Å². The minimum Gasteiger partial charge on any atom is -0.338 e. The minimum absolute atomic E-state index is 0.0174. The Labute approximate surface area is 76.7 Å². The van der Waals surface area contributed by atoms with Crippen LogP contribution in [0.15, 0.2) is 0 Å². The number of carbonyl (C=O) groups is 1. The van der Waals surface area contributed by atoms with Crippen LogP contribution in [0.5, 0.6) is 0 Å². The molecule has 4 heteroatoms. The zero-order chi connectivity index (χ0) is 8.44. The van der Waals surface area contributed by atoms with Crippen molar-refractivity contribution >= 4 is 17.8 Å². The zero-order valence-corrected chi connectivity index (χ0v) is 7.88. The molecule has 0 aromatic rings. The average molecular weight is 186 g/mol. The van der Waals surface area contributed by atoms with E-state index in [1.165, 1.54) is 12.2 Å². The van der Waals surface area contributed by atoms with E-state index < -0.39 is 0 Å². The third-order valence-electron chi connectivity index (χ3n) is 2.59. The number of hydrogen-bond acceptors (Lipinski definition) is 2. The lowest BCUT2D eigenvalue weighted by Crippen LogP contribution is -2.60. The number of nitrogens with one attached hydrogen (secondary N) is 2. The molecule has 0 saturated carbocycles. The first-order valence-electron chi connectivity index (χ1n) is 4.45. The molecule has 0 aromatic carbocycles. The van der Waals surface area contributed by atoms with Crippen LogP contribution < -0.4 is 10.6 Å². The second-order valence-electron chi connectivity index (χ2n) is 3.57. The van der Waals surface area contributed by atoms with Gasteiger partial charge < -0.3 is 10.6 Å². The SMILES string of the molecule is O=C1NCCC2(CCCSC2)N1. The maximum Gasteiger partial charge on any atom is 0.315 e. The molecule has 0 aromatic heterocycles. The van der Waals surface area contributed by atoms with Gasteiger partial charge in [0.25, 0.3) is 0 Å². The van der Waals surface area contributed by atoms with Gasteiger partial charge in [-0.3, -0.25) is 0 Å². The van der Waals surface area contributed by atoms with Crippen molar-refractivity contribution in [2.24, 2.45) is 0 Å². The van der Waals surface area contributed by atoms with Gasteiger partial charge in [-0.2, -0.15) is 11.8 Å². The van der Waals surface area contributed by atoms with Gasteiger partial charge in [0, 0.05) is 12.3 Å². The van der Waals surface area contributed by atoms with Crippen LogP contribution in [0.3, 0.4) is 0 Å². The highest BCUT2D eigenvalue weighted by atomic mass is 32.2. The number of hydrogen-bond donors (Lipinski definition) is 2. The van der Waals surface area contributed by atoms with Gasteiger partial charge in [0.1, 0.15) is 0 Å². The summed E-state index contributed by atoms with van der Waals surface area (Å²) in [7, 11) is 0. The van der Waals surface area contributed by atoms with Gasteiger partial charge in [-0.15, -0.1) is 0 Å². The fourth-order valence-electron chi connectivity index (χ4n) is 1.91. The van der Waals surface area contributed by atoms with Crippen LogP contribution in [0.2, 0.25) is 0 Å². The van der Waals surface area contributed by atoms with E-state index >= 15 is 0 Å². The molecule has 2 fully saturated rings. The molecule has 0 radical (unpaired) electrons. The third kappa shape index (κ3) is 1.53. The van der Waals surface area contributed by atoms with Crippen LogP contribution in [-0.2, 0) is 0 Å². The molecule has 2 saturated heterocycles. The summed E-state index contributed by atoms with van der Waals surface area (Å²) in [6, 6.07) is 0.0174. The van der Waals surface area contributed by atoms with Crippen LogP contribution in [0.4, 0.5) is 4.79 Å². The summed E-state index contributed by atoms with van der Waals surface area (Å²) < 4.78 is 0. The highest BCUT2D eigenvalue weighted by Gasteiger charge is 2.36. The summed E-state index contributed by atoms with van der Waals surface area (Å²) in [6.45, 7) is 0.840. The number of carbonyl (C=O) groups excluding carboxylic acids is 1. The Balaban J connectivity index is 2.02.